The summed E-state index contributed by atoms with van der Waals surface area (Å²) in [7, 11) is 1.70. The van der Waals surface area contributed by atoms with Crippen LogP contribution in [-0.4, -0.2) is 111 Å². The number of benzene rings is 2. The molecule has 310 valence electrons. The third-order valence-electron chi connectivity index (χ3n) is 10.9. The average molecular weight is 824 g/mol. The summed E-state index contributed by atoms with van der Waals surface area (Å²) in [5, 5.41) is 16.9. The van der Waals surface area contributed by atoms with E-state index in [-0.39, 0.29) is 56.0 Å². The van der Waals surface area contributed by atoms with Gasteiger partial charge in [-0.2, -0.15) is 0 Å². The van der Waals surface area contributed by atoms with Crippen LogP contribution in [0.3, 0.4) is 0 Å². The average Bonchev–Trinajstić information content (AvgIpc) is 3.98. The minimum absolute atomic E-state index is 0.0157. The zero-order chi connectivity index (χ0) is 42.4. The largest absolute Gasteiger partial charge is 0.465 e. The second kappa shape index (κ2) is 18.2. The van der Waals surface area contributed by atoms with Crippen LogP contribution in [-0.2, 0) is 30.5 Å². The Labute approximate surface area is 347 Å². The number of hydrogen-bond donors (Lipinski definition) is 3. The van der Waals surface area contributed by atoms with Crippen LogP contribution in [0.25, 0.3) is 10.6 Å². The summed E-state index contributed by atoms with van der Waals surface area (Å²) in [4.78, 5) is 101. The molecule has 0 radical (unpaired) electrons. The van der Waals surface area contributed by atoms with Crippen molar-refractivity contribution in [3.8, 4) is 22.4 Å². The third kappa shape index (κ3) is 9.80. The first-order valence-electron chi connectivity index (χ1n) is 19.7. The maximum absolute atomic E-state index is 14.4. The zero-order valence-electron chi connectivity index (χ0n) is 33.7. The molecule has 3 aliphatic rings. The molecule has 59 heavy (non-hydrogen) atoms. The predicted octanol–water partition coefficient (Wildman–Crippen LogP) is 4.26. The molecule has 0 aliphatic carbocycles. The molecule has 3 N–H and O–H groups in total. The van der Waals surface area contributed by atoms with E-state index in [0.717, 1.165) is 16.1 Å². The number of hydrogen-bond acceptors (Lipinski definition) is 9. The van der Waals surface area contributed by atoms with E-state index in [1.54, 1.807) is 68.1 Å². The van der Waals surface area contributed by atoms with Gasteiger partial charge in [-0.1, -0.05) is 38.7 Å². The molecule has 2 aromatic carbocycles. The van der Waals surface area contributed by atoms with Gasteiger partial charge >= 0.3 is 6.09 Å². The number of imide groups is 1. The monoisotopic (exact) mass is 823 g/mol. The van der Waals surface area contributed by atoms with Gasteiger partial charge in [0, 0.05) is 86.4 Å². The Hall–Kier alpha value is -6.08. The minimum atomic E-state index is -1.32. The molecule has 0 saturated carbocycles. The summed E-state index contributed by atoms with van der Waals surface area (Å²) >= 11 is 1.49. The van der Waals surface area contributed by atoms with E-state index in [2.05, 4.69) is 27.5 Å². The highest BCUT2D eigenvalue weighted by Crippen LogP contribution is 2.31. The first-order valence-corrected chi connectivity index (χ1v) is 20.6. The van der Waals surface area contributed by atoms with E-state index in [0.29, 0.717) is 55.6 Å². The lowest BCUT2D eigenvalue weighted by atomic mass is 9.85. The molecule has 15 nitrogen and oxygen atoms in total. The van der Waals surface area contributed by atoms with Crippen molar-refractivity contribution in [1.29, 1.82) is 0 Å². The second-order valence-corrected chi connectivity index (χ2v) is 16.9. The summed E-state index contributed by atoms with van der Waals surface area (Å²) in [6.07, 6.45) is 2.87. The number of nitrogens with one attached hydrogen (secondary N) is 2. The van der Waals surface area contributed by atoms with Crippen molar-refractivity contribution < 1.29 is 38.7 Å². The van der Waals surface area contributed by atoms with Crippen molar-refractivity contribution >= 4 is 58.6 Å². The van der Waals surface area contributed by atoms with E-state index in [1.165, 1.54) is 21.1 Å². The van der Waals surface area contributed by atoms with E-state index < -0.39 is 41.4 Å². The number of nitrogens with zero attached hydrogens (tertiary/aromatic N) is 5. The molecule has 2 saturated heterocycles. The number of likely N-dealkylation sites (tertiary alicyclic amines) is 1. The summed E-state index contributed by atoms with van der Waals surface area (Å²) < 4.78 is 0. The Balaban J connectivity index is 1.09. The van der Waals surface area contributed by atoms with Crippen LogP contribution in [0.4, 0.5) is 10.5 Å². The first kappa shape index (κ1) is 42.5. The molecule has 2 fully saturated rings. The van der Waals surface area contributed by atoms with Crippen LogP contribution in [0.15, 0.2) is 54.0 Å². The standard InChI is InChI=1S/C43H49N7O8S/c1-43(2,3)36(46-42(57)58)41(56)49-23-9-13-33(49)40(55)48(29-16-14-28(15-17-29)38-44-21-25-59-38)24-20-35(52)47(4)22-7-5-6-10-27-11-8-12-30-31(27)26-50(39(30)54)32-18-19-34(51)45-37(32)53/h8,11-12,14-17,21,25,32-33,36,46H,5,7,9,13,18-20,22-24,26H2,1-4H3,(H,57,58)(H,45,51,53)/t32?,33-,36?/m0/s1. The van der Waals surface area contributed by atoms with Gasteiger partial charge in [-0.3, -0.25) is 34.1 Å². The maximum atomic E-state index is 14.4. The fourth-order valence-electron chi connectivity index (χ4n) is 7.71. The fourth-order valence-corrected chi connectivity index (χ4v) is 8.35. The number of fused-ring (bicyclic) bond motifs is 1. The van der Waals surface area contributed by atoms with Crippen LogP contribution in [0.2, 0.25) is 0 Å². The van der Waals surface area contributed by atoms with Crippen molar-refractivity contribution in [1.82, 2.24) is 30.3 Å². The third-order valence-corrected chi connectivity index (χ3v) is 11.7. The Bertz CT molecular complexity index is 2170. The van der Waals surface area contributed by atoms with Gasteiger partial charge in [0.25, 0.3) is 5.91 Å². The number of rotatable bonds is 12. The Kier molecular flexibility index (Phi) is 13.1. The molecule has 3 aromatic rings. The number of carbonyl (C=O) groups excluding carboxylic acids is 6. The van der Waals surface area contributed by atoms with E-state index in [1.807, 2.05) is 23.6 Å². The minimum Gasteiger partial charge on any atom is -0.465 e. The number of carbonyl (C=O) groups is 7. The lowest BCUT2D eigenvalue weighted by molar-refractivity contribution is -0.141. The van der Waals surface area contributed by atoms with Gasteiger partial charge in [0.2, 0.25) is 29.5 Å². The highest BCUT2D eigenvalue weighted by molar-refractivity contribution is 7.13. The van der Waals surface area contributed by atoms with Gasteiger partial charge in [0.1, 0.15) is 23.1 Å². The van der Waals surface area contributed by atoms with Crippen LogP contribution in [0.5, 0.6) is 0 Å². The molecule has 3 aliphatic heterocycles. The van der Waals surface area contributed by atoms with Gasteiger partial charge in [-0.25, -0.2) is 9.78 Å². The van der Waals surface area contributed by atoms with Gasteiger partial charge in [0.15, 0.2) is 0 Å². The molecule has 1 aromatic heterocycles. The number of thiazole rings is 1. The summed E-state index contributed by atoms with van der Waals surface area (Å²) in [6, 6.07) is 10.0. The smallest absolute Gasteiger partial charge is 0.405 e. The highest BCUT2D eigenvalue weighted by atomic mass is 32.1. The Morgan fingerprint density at radius 3 is 2.51 bits per heavy atom. The lowest BCUT2D eigenvalue weighted by Gasteiger charge is -2.36. The number of amides is 7. The molecule has 6 rings (SSSR count). The molecular weight excluding hydrogens is 775 g/mol. The lowest BCUT2D eigenvalue weighted by Crippen LogP contribution is -2.58. The van der Waals surface area contributed by atoms with E-state index in [4.69, 9.17) is 0 Å². The van der Waals surface area contributed by atoms with Crippen molar-refractivity contribution in [3.63, 3.8) is 0 Å². The van der Waals surface area contributed by atoms with Gasteiger partial charge in [0.05, 0.1) is 0 Å². The van der Waals surface area contributed by atoms with Gasteiger partial charge in [-0.15, -0.1) is 11.3 Å². The molecule has 7 amide bonds. The quantitative estimate of drug-likeness (QED) is 0.136. The molecule has 4 heterocycles. The van der Waals surface area contributed by atoms with Crippen molar-refractivity contribution in [2.45, 2.75) is 90.4 Å². The van der Waals surface area contributed by atoms with Crippen molar-refractivity contribution in [3.05, 3.63) is 70.7 Å². The van der Waals surface area contributed by atoms with E-state index in [9.17, 15) is 38.7 Å². The molecular formula is C43H49N7O8S. The zero-order valence-corrected chi connectivity index (χ0v) is 34.5. The fraction of sp³-hybridized carbons (Fsp3) is 0.442. The Morgan fingerprint density at radius 1 is 1.07 bits per heavy atom. The van der Waals surface area contributed by atoms with Crippen LogP contribution >= 0.6 is 11.3 Å². The topological polar surface area (TPSA) is 190 Å². The predicted molar refractivity (Wildman–Crippen MR) is 220 cm³/mol. The Morgan fingerprint density at radius 2 is 1.83 bits per heavy atom. The molecule has 3 atom stereocenters. The van der Waals surface area contributed by atoms with Crippen molar-refractivity contribution in [2.24, 2.45) is 5.41 Å². The van der Waals surface area contributed by atoms with E-state index >= 15 is 0 Å². The second-order valence-electron chi connectivity index (χ2n) is 16.0. The normalized spacial score (nSPS) is 18.1. The molecule has 16 heteroatoms. The van der Waals surface area contributed by atoms with Gasteiger partial charge in [-0.05, 0) is 73.1 Å². The number of unbranched alkanes of at least 4 members (excludes halogenated alkanes) is 1. The molecule has 0 bridgehead atoms. The van der Waals surface area contributed by atoms with Crippen molar-refractivity contribution in [2.75, 3.05) is 31.6 Å². The van der Waals surface area contributed by atoms with Gasteiger partial charge < -0.3 is 30.0 Å². The summed E-state index contributed by atoms with van der Waals surface area (Å²) in [6.45, 7) is 6.29. The number of aromatic nitrogens is 1. The summed E-state index contributed by atoms with van der Waals surface area (Å²) in [5.74, 6) is 4.25. The maximum Gasteiger partial charge on any atom is 0.405 e. The highest BCUT2D eigenvalue weighted by Gasteiger charge is 2.44. The number of piperidine rings is 1. The molecule has 0 spiro atoms. The molecule has 2 unspecified atom stereocenters. The number of carboxylic acid groups (broad SMARTS) is 1. The first-order chi connectivity index (χ1) is 28.1. The van der Waals surface area contributed by atoms with Crippen LogP contribution in [0.1, 0.15) is 87.2 Å². The SMILES string of the molecule is CN(CCCC#Cc1cccc2c1CN(C1CCC(=O)NC1=O)C2=O)C(=O)CCN(C(=O)[C@@H]1CCCN1C(=O)C(NC(=O)O)C(C)(C)C)c1ccc(-c2nccs2)cc1. The summed E-state index contributed by atoms with van der Waals surface area (Å²) in [5.41, 5.74) is 2.61. The number of anilines is 1. The van der Waals surface area contributed by atoms with Crippen LogP contribution in [0, 0.1) is 17.3 Å². The van der Waals surface area contributed by atoms with Crippen LogP contribution < -0.4 is 15.5 Å².